The molecule has 0 aliphatic heterocycles. The lowest BCUT2D eigenvalue weighted by molar-refractivity contribution is 0.416. The van der Waals surface area contributed by atoms with Gasteiger partial charge in [0.25, 0.3) is 0 Å². The van der Waals surface area contributed by atoms with E-state index in [0.29, 0.717) is 0 Å². The lowest BCUT2D eigenvalue weighted by atomic mass is 10.2. The SMILES string of the molecule is COc1ccccc1-c1nnc(Sc2nc3ccccc3s2)n1-c1ccccc1. The molecule has 0 amide bonds. The summed E-state index contributed by atoms with van der Waals surface area (Å²) in [5, 5.41) is 9.77. The maximum absolute atomic E-state index is 5.56. The zero-order valence-electron chi connectivity index (χ0n) is 15.5. The number of rotatable bonds is 5. The largest absolute Gasteiger partial charge is 0.496 e. The van der Waals surface area contributed by atoms with Crippen molar-refractivity contribution in [1.82, 2.24) is 19.7 Å². The van der Waals surface area contributed by atoms with Gasteiger partial charge in [-0.15, -0.1) is 21.5 Å². The first kappa shape index (κ1) is 17.9. The monoisotopic (exact) mass is 416 g/mol. The van der Waals surface area contributed by atoms with E-state index in [1.807, 2.05) is 72.8 Å². The Kier molecular flexibility index (Phi) is 4.75. The molecule has 7 heteroatoms. The summed E-state index contributed by atoms with van der Waals surface area (Å²) in [6, 6.07) is 26.1. The van der Waals surface area contributed by atoms with Gasteiger partial charge in [-0.1, -0.05) is 42.5 Å². The standard InChI is InChI=1S/C22H16N4OS2/c1-27-18-13-7-5-11-16(18)20-24-25-21(26(20)15-9-3-2-4-10-15)29-22-23-17-12-6-8-14-19(17)28-22/h2-14H,1H3. The quantitative estimate of drug-likeness (QED) is 0.368. The molecule has 142 valence electrons. The van der Waals surface area contributed by atoms with E-state index in [1.165, 1.54) is 11.8 Å². The highest BCUT2D eigenvalue weighted by Gasteiger charge is 2.20. The highest BCUT2D eigenvalue weighted by Crippen LogP contribution is 2.37. The Morgan fingerprint density at radius 2 is 1.62 bits per heavy atom. The Balaban J connectivity index is 1.65. The van der Waals surface area contributed by atoms with E-state index in [-0.39, 0.29) is 0 Å². The van der Waals surface area contributed by atoms with Crippen LogP contribution in [-0.2, 0) is 0 Å². The van der Waals surface area contributed by atoms with E-state index in [1.54, 1.807) is 18.4 Å². The second-order valence-electron chi connectivity index (χ2n) is 6.23. The Labute approximate surface area is 176 Å². The maximum atomic E-state index is 5.56. The number of methoxy groups -OCH3 is 1. The van der Waals surface area contributed by atoms with E-state index in [9.17, 15) is 0 Å². The van der Waals surface area contributed by atoms with Crippen LogP contribution in [0.5, 0.6) is 5.75 Å². The van der Waals surface area contributed by atoms with Gasteiger partial charge in [-0.25, -0.2) is 4.98 Å². The van der Waals surface area contributed by atoms with Crippen LogP contribution < -0.4 is 4.74 Å². The molecule has 0 radical (unpaired) electrons. The molecule has 0 saturated heterocycles. The highest BCUT2D eigenvalue weighted by atomic mass is 32.2. The van der Waals surface area contributed by atoms with Gasteiger partial charge in [0, 0.05) is 5.69 Å². The predicted octanol–water partition coefficient (Wildman–Crippen LogP) is 5.70. The van der Waals surface area contributed by atoms with E-state index >= 15 is 0 Å². The van der Waals surface area contributed by atoms with Crippen molar-refractivity contribution in [3.8, 4) is 22.8 Å². The fraction of sp³-hybridized carbons (Fsp3) is 0.0455. The van der Waals surface area contributed by atoms with Crippen molar-refractivity contribution in [2.24, 2.45) is 0 Å². The minimum atomic E-state index is 0.734. The summed E-state index contributed by atoms with van der Waals surface area (Å²) in [6.45, 7) is 0. The van der Waals surface area contributed by atoms with Gasteiger partial charge in [0.2, 0.25) is 5.16 Å². The third kappa shape index (κ3) is 3.39. The second-order valence-corrected chi connectivity index (χ2v) is 8.47. The van der Waals surface area contributed by atoms with Gasteiger partial charge < -0.3 is 4.74 Å². The number of hydrogen-bond donors (Lipinski definition) is 0. The summed E-state index contributed by atoms with van der Waals surface area (Å²) < 4.78 is 9.70. The lowest BCUT2D eigenvalue weighted by Crippen LogP contribution is -2.00. The fourth-order valence-corrected chi connectivity index (χ4v) is 5.14. The van der Waals surface area contributed by atoms with Crippen molar-refractivity contribution < 1.29 is 4.74 Å². The first-order chi connectivity index (χ1) is 14.3. The van der Waals surface area contributed by atoms with Crippen molar-refractivity contribution in [2.75, 3.05) is 7.11 Å². The van der Waals surface area contributed by atoms with E-state index in [0.717, 1.165) is 42.5 Å². The average Bonchev–Trinajstić information content (AvgIpc) is 3.38. The number of para-hydroxylation sites is 3. The Morgan fingerprint density at radius 3 is 2.45 bits per heavy atom. The number of benzene rings is 3. The molecule has 2 heterocycles. The van der Waals surface area contributed by atoms with Gasteiger partial charge in [-0.2, -0.15) is 0 Å². The Morgan fingerprint density at radius 1 is 0.862 bits per heavy atom. The lowest BCUT2D eigenvalue weighted by Gasteiger charge is -2.11. The van der Waals surface area contributed by atoms with Gasteiger partial charge in [0.05, 0.1) is 22.9 Å². The molecule has 2 aromatic heterocycles. The normalized spacial score (nSPS) is 11.1. The van der Waals surface area contributed by atoms with Crippen LogP contribution in [0, 0.1) is 0 Å². The van der Waals surface area contributed by atoms with Crippen LogP contribution in [0.25, 0.3) is 27.3 Å². The smallest absolute Gasteiger partial charge is 0.203 e. The van der Waals surface area contributed by atoms with Crippen LogP contribution in [-0.4, -0.2) is 26.9 Å². The van der Waals surface area contributed by atoms with E-state index < -0.39 is 0 Å². The molecule has 0 atom stereocenters. The summed E-state index contributed by atoms with van der Waals surface area (Å²) in [4.78, 5) is 4.73. The summed E-state index contributed by atoms with van der Waals surface area (Å²) in [5.74, 6) is 1.49. The molecule has 3 aromatic carbocycles. The van der Waals surface area contributed by atoms with Gasteiger partial charge in [0.15, 0.2) is 10.2 Å². The van der Waals surface area contributed by atoms with Crippen LogP contribution in [0.1, 0.15) is 0 Å². The molecule has 0 unspecified atom stereocenters. The molecule has 0 N–H and O–H groups in total. The summed E-state index contributed by atoms with van der Waals surface area (Å²) in [7, 11) is 1.67. The Hall–Kier alpha value is -3.16. The second kappa shape index (κ2) is 7.69. The highest BCUT2D eigenvalue weighted by molar-refractivity contribution is 8.01. The number of aromatic nitrogens is 4. The van der Waals surface area contributed by atoms with Crippen LogP contribution in [0.3, 0.4) is 0 Å². The number of ether oxygens (including phenoxy) is 1. The minimum Gasteiger partial charge on any atom is -0.496 e. The van der Waals surface area contributed by atoms with Crippen molar-refractivity contribution in [3.05, 3.63) is 78.9 Å². The minimum absolute atomic E-state index is 0.734. The number of nitrogens with zero attached hydrogens (tertiary/aromatic N) is 4. The fourth-order valence-electron chi connectivity index (χ4n) is 3.12. The molecule has 0 aliphatic carbocycles. The molecule has 5 rings (SSSR count). The molecular formula is C22H16N4OS2. The summed E-state index contributed by atoms with van der Waals surface area (Å²) in [5.41, 5.74) is 2.88. The van der Waals surface area contributed by atoms with Crippen LogP contribution >= 0.6 is 23.1 Å². The molecule has 0 fully saturated rings. The van der Waals surface area contributed by atoms with Crippen molar-refractivity contribution in [3.63, 3.8) is 0 Å². The number of fused-ring (bicyclic) bond motifs is 1. The zero-order chi connectivity index (χ0) is 19.6. The van der Waals surface area contributed by atoms with Crippen LogP contribution in [0.4, 0.5) is 0 Å². The van der Waals surface area contributed by atoms with Gasteiger partial charge in [-0.05, 0) is 48.2 Å². The maximum Gasteiger partial charge on any atom is 0.203 e. The number of hydrogen-bond acceptors (Lipinski definition) is 6. The van der Waals surface area contributed by atoms with Crippen LogP contribution in [0.2, 0.25) is 0 Å². The molecule has 0 spiro atoms. The average molecular weight is 417 g/mol. The first-order valence-corrected chi connectivity index (χ1v) is 10.6. The molecule has 0 aliphatic rings. The van der Waals surface area contributed by atoms with Crippen molar-refractivity contribution in [1.29, 1.82) is 0 Å². The third-order valence-electron chi connectivity index (χ3n) is 4.45. The molecule has 0 bridgehead atoms. The van der Waals surface area contributed by atoms with Crippen molar-refractivity contribution in [2.45, 2.75) is 9.50 Å². The van der Waals surface area contributed by atoms with E-state index in [2.05, 4.69) is 20.8 Å². The first-order valence-electron chi connectivity index (χ1n) is 9.01. The van der Waals surface area contributed by atoms with Crippen LogP contribution in [0.15, 0.2) is 88.4 Å². The predicted molar refractivity (Wildman–Crippen MR) is 117 cm³/mol. The van der Waals surface area contributed by atoms with E-state index in [4.69, 9.17) is 9.72 Å². The van der Waals surface area contributed by atoms with Gasteiger partial charge >= 0.3 is 0 Å². The summed E-state index contributed by atoms with van der Waals surface area (Å²) in [6.07, 6.45) is 0. The van der Waals surface area contributed by atoms with Gasteiger partial charge in [-0.3, -0.25) is 4.57 Å². The zero-order valence-corrected chi connectivity index (χ0v) is 17.2. The molecular weight excluding hydrogens is 400 g/mol. The molecule has 0 saturated carbocycles. The van der Waals surface area contributed by atoms with Crippen molar-refractivity contribution >= 4 is 33.3 Å². The summed E-state index contributed by atoms with van der Waals surface area (Å²) >= 11 is 3.17. The molecule has 29 heavy (non-hydrogen) atoms. The molecule has 5 nitrogen and oxygen atoms in total. The topological polar surface area (TPSA) is 52.8 Å². The van der Waals surface area contributed by atoms with Gasteiger partial charge in [0.1, 0.15) is 5.75 Å². The Bertz CT molecular complexity index is 1250. The third-order valence-corrected chi connectivity index (χ3v) is 6.49. The molecule has 5 aromatic rings. The number of thiazole rings is 1.